The zero-order valence-electron chi connectivity index (χ0n) is 26.4. The van der Waals surface area contributed by atoms with Crippen LogP contribution in [0, 0.1) is 28.6 Å². The van der Waals surface area contributed by atoms with Crippen LogP contribution in [0.3, 0.4) is 0 Å². The number of esters is 2. The number of carbonyl (C=O) groups excluding carboxylic acids is 3. The average Bonchev–Trinajstić information content (AvgIpc) is 3.34. The van der Waals surface area contributed by atoms with E-state index in [0.29, 0.717) is 24.8 Å². The Bertz CT molecular complexity index is 1120. The van der Waals surface area contributed by atoms with Gasteiger partial charge in [-0.15, -0.1) is 0 Å². The third-order valence-corrected chi connectivity index (χ3v) is 11.0. The highest BCUT2D eigenvalue weighted by molar-refractivity contribution is 5.96. The summed E-state index contributed by atoms with van der Waals surface area (Å²) < 4.78 is 11.8. The molecular formula is C34H52O8. The summed E-state index contributed by atoms with van der Waals surface area (Å²) in [6.45, 7) is 11.2. The summed E-state index contributed by atoms with van der Waals surface area (Å²) >= 11 is 0. The van der Waals surface area contributed by atoms with Gasteiger partial charge in [-0.1, -0.05) is 85.3 Å². The number of hydrogen-bond donors (Lipinski definition) is 3. The monoisotopic (exact) mass is 588 g/mol. The van der Waals surface area contributed by atoms with Crippen molar-refractivity contribution in [3.05, 3.63) is 23.3 Å². The Morgan fingerprint density at radius 1 is 0.952 bits per heavy atom. The molecule has 0 saturated heterocycles. The molecule has 8 atom stereocenters. The van der Waals surface area contributed by atoms with E-state index in [-0.39, 0.29) is 36.3 Å². The van der Waals surface area contributed by atoms with Crippen LogP contribution in [0.15, 0.2) is 23.3 Å². The lowest BCUT2D eigenvalue weighted by molar-refractivity contribution is -0.192. The predicted molar refractivity (Wildman–Crippen MR) is 158 cm³/mol. The molecule has 0 amide bonds. The molecule has 4 aliphatic rings. The number of carbonyl (C=O) groups is 3. The Morgan fingerprint density at radius 2 is 1.60 bits per heavy atom. The molecule has 1 spiro atoms. The van der Waals surface area contributed by atoms with E-state index >= 15 is 0 Å². The lowest BCUT2D eigenvalue weighted by Gasteiger charge is -2.48. The first-order valence-corrected chi connectivity index (χ1v) is 16.2. The van der Waals surface area contributed by atoms with Crippen LogP contribution in [0.4, 0.5) is 0 Å². The second-order valence-electron chi connectivity index (χ2n) is 14.0. The van der Waals surface area contributed by atoms with Gasteiger partial charge in [-0.3, -0.25) is 14.4 Å². The van der Waals surface area contributed by atoms with Crippen molar-refractivity contribution in [2.75, 3.05) is 6.61 Å². The largest absolute Gasteiger partial charge is 0.461 e. The van der Waals surface area contributed by atoms with E-state index in [1.165, 1.54) is 25.7 Å². The molecule has 2 bridgehead atoms. The second kappa shape index (κ2) is 12.2. The van der Waals surface area contributed by atoms with E-state index < -0.39 is 52.0 Å². The quantitative estimate of drug-likeness (QED) is 0.156. The molecule has 8 nitrogen and oxygen atoms in total. The number of allylic oxidation sites excluding steroid dienone is 1. The zero-order valence-corrected chi connectivity index (χ0v) is 26.4. The first-order chi connectivity index (χ1) is 19.8. The average molecular weight is 589 g/mol. The van der Waals surface area contributed by atoms with Gasteiger partial charge in [0.05, 0.1) is 5.41 Å². The molecule has 0 unspecified atom stereocenters. The standard InChI is InChI=1S/C34H52O8/c1-7-9-10-11-12-13-14-16-26(36)42-33-19-22(4)32-18-21(3)28(37)34(32,40)29(38)23(20-41-25(35)15-8-2)17-24(30(32)39)27(33)31(33,5)6/h17-18,22,24,27-29,37-38,40H,7-16,19-20H2,1-6H3/t22-,24+,27-,28+,29-,32+,33+,34-/m1/s1. The smallest absolute Gasteiger partial charge is 0.306 e. The summed E-state index contributed by atoms with van der Waals surface area (Å²) in [4.78, 5) is 40.1. The van der Waals surface area contributed by atoms with Crippen molar-refractivity contribution in [1.82, 2.24) is 0 Å². The lowest BCUT2D eigenvalue weighted by Crippen LogP contribution is -2.65. The van der Waals surface area contributed by atoms with Crippen LogP contribution >= 0.6 is 0 Å². The Morgan fingerprint density at radius 3 is 2.24 bits per heavy atom. The van der Waals surface area contributed by atoms with Crippen LogP contribution in [0.2, 0.25) is 0 Å². The van der Waals surface area contributed by atoms with E-state index in [1.807, 2.05) is 27.7 Å². The fourth-order valence-electron chi connectivity index (χ4n) is 8.64. The molecule has 3 N–H and O–H groups in total. The molecule has 0 radical (unpaired) electrons. The highest BCUT2D eigenvalue weighted by Crippen LogP contribution is 2.75. The number of aliphatic hydroxyl groups is 3. The fourth-order valence-corrected chi connectivity index (χ4v) is 8.64. The van der Waals surface area contributed by atoms with Crippen LogP contribution in [0.5, 0.6) is 0 Å². The van der Waals surface area contributed by atoms with Gasteiger partial charge in [-0.25, -0.2) is 0 Å². The molecule has 0 aliphatic heterocycles. The third-order valence-electron chi connectivity index (χ3n) is 11.0. The SMILES string of the molecule is CCCCCCCCCC(=O)O[C@@]12C[C@@H](C)[C@]34C=C(C)[C@H](O)[C@@]3(O)[C@H](O)C(COC(=O)CCC)=C[C@H](C4=O)[C@@H]1C2(C)C. The molecule has 4 rings (SSSR count). The van der Waals surface area contributed by atoms with Gasteiger partial charge in [0.15, 0.2) is 5.78 Å². The number of ether oxygens (including phenoxy) is 2. The molecule has 42 heavy (non-hydrogen) atoms. The summed E-state index contributed by atoms with van der Waals surface area (Å²) in [5, 5.41) is 35.2. The minimum atomic E-state index is -2.25. The number of rotatable bonds is 13. The minimum absolute atomic E-state index is 0.185. The van der Waals surface area contributed by atoms with Crippen molar-refractivity contribution >= 4 is 17.7 Å². The van der Waals surface area contributed by atoms with Gasteiger partial charge in [-0.05, 0) is 43.3 Å². The molecular weight excluding hydrogens is 536 g/mol. The van der Waals surface area contributed by atoms with Gasteiger partial charge in [0.25, 0.3) is 0 Å². The number of unbranched alkanes of at least 4 members (excludes halogenated alkanes) is 6. The molecule has 4 aliphatic carbocycles. The van der Waals surface area contributed by atoms with Crippen LogP contribution in [0.1, 0.15) is 112 Å². The van der Waals surface area contributed by atoms with Crippen molar-refractivity contribution in [3.63, 3.8) is 0 Å². The minimum Gasteiger partial charge on any atom is -0.461 e. The van der Waals surface area contributed by atoms with Crippen molar-refractivity contribution in [1.29, 1.82) is 0 Å². The lowest BCUT2D eigenvalue weighted by atomic mass is 9.59. The van der Waals surface area contributed by atoms with Crippen LogP contribution in [-0.2, 0) is 23.9 Å². The van der Waals surface area contributed by atoms with Gasteiger partial charge < -0.3 is 24.8 Å². The number of hydrogen-bond acceptors (Lipinski definition) is 8. The van der Waals surface area contributed by atoms with Gasteiger partial charge in [0, 0.05) is 30.1 Å². The highest BCUT2D eigenvalue weighted by Gasteiger charge is 2.83. The topological polar surface area (TPSA) is 130 Å². The van der Waals surface area contributed by atoms with E-state index in [9.17, 15) is 29.7 Å². The van der Waals surface area contributed by atoms with Crippen molar-refractivity contribution in [2.45, 2.75) is 136 Å². The maximum Gasteiger partial charge on any atom is 0.306 e. The van der Waals surface area contributed by atoms with E-state index in [1.54, 1.807) is 19.1 Å². The molecule has 236 valence electrons. The van der Waals surface area contributed by atoms with Crippen LogP contribution < -0.4 is 0 Å². The molecule has 0 aromatic heterocycles. The zero-order chi connectivity index (χ0) is 31.1. The molecule has 0 aromatic rings. The molecule has 0 aromatic carbocycles. The van der Waals surface area contributed by atoms with Gasteiger partial charge in [0.1, 0.15) is 30.0 Å². The maximum atomic E-state index is 14.6. The Hall–Kier alpha value is -2.03. The Labute approximate surface area is 250 Å². The Kier molecular flexibility index (Phi) is 9.52. The molecule has 0 heterocycles. The van der Waals surface area contributed by atoms with Crippen LogP contribution in [0.25, 0.3) is 0 Å². The Balaban J connectivity index is 1.66. The van der Waals surface area contributed by atoms with Crippen LogP contribution in [-0.4, -0.2) is 63.1 Å². The van der Waals surface area contributed by atoms with E-state index in [2.05, 4.69) is 6.92 Å². The molecule has 2 fully saturated rings. The molecule has 8 heteroatoms. The predicted octanol–water partition coefficient (Wildman–Crippen LogP) is 4.97. The first kappa shape index (κ1) is 32.9. The van der Waals surface area contributed by atoms with Crippen molar-refractivity contribution in [2.24, 2.45) is 28.6 Å². The second-order valence-corrected chi connectivity index (χ2v) is 14.0. The van der Waals surface area contributed by atoms with E-state index in [0.717, 1.165) is 19.3 Å². The first-order valence-electron chi connectivity index (χ1n) is 16.2. The summed E-state index contributed by atoms with van der Waals surface area (Å²) in [6.07, 6.45) is 9.16. The summed E-state index contributed by atoms with van der Waals surface area (Å²) in [7, 11) is 0. The third kappa shape index (κ3) is 4.99. The maximum absolute atomic E-state index is 14.6. The normalized spacial score (nSPS) is 37.9. The summed E-state index contributed by atoms with van der Waals surface area (Å²) in [6, 6.07) is 0. The van der Waals surface area contributed by atoms with Crippen molar-refractivity contribution < 1.29 is 39.2 Å². The van der Waals surface area contributed by atoms with Crippen molar-refractivity contribution in [3.8, 4) is 0 Å². The summed E-state index contributed by atoms with van der Waals surface area (Å²) in [5.41, 5.74) is -4.75. The van der Waals surface area contributed by atoms with Gasteiger partial charge in [-0.2, -0.15) is 0 Å². The summed E-state index contributed by atoms with van der Waals surface area (Å²) in [5.74, 6) is -2.79. The number of ketones is 1. The highest BCUT2D eigenvalue weighted by atomic mass is 16.6. The fraction of sp³-hybridized carbons (Fsp3) is 0.794. The number of fused-ring (bicyclic) bond motifs is 3. The number of Topliss-reactive ketones (excluding diaryl/α,β-unsaturated/α-hetero) is 1. The van der Waals surface area contributed by atoms with Gasteiger partial charge in [0.2, 0.25) is 0 Å². The molecule has 2 saturated carbocycles. The number of aliphatic hydroxyl groups excluding tert-OH is 2. The van der Waals surface area contributed by atoms with E-state index in [4.69, 9.17) is 9.47 Å². The van der Waals surface area contributed by atoms with Gasteiger partial charge >= 0.3 is 11.9 Å².